The minimum atomic E-state index is 0.347. The highest BCUT2D eigenvalue weighted by atomic mass is 35.5. The van der Waals surface area contributed by atoms with Gasteiger partial charge in [-0.15, -0.1) is 0 Å². The van der Waals surface area contributed by atoms with Crippen molar-refractivity contribution in [1.29, 1.82) is 0 Å². The summed E-state index contributed by atoms with van der Waals surface area (Å²) in [5, 5.41) is 1.48. The monoisotopic (exact) mass is 237 g/mol. The molecule has 0 unspecified atom stereocenters. The Hall–Kier alpha value is 0.0200. The Morgan fingerprint density at radius 2 is 1.62 bits per heavy atom. The second-order valence-electron chi connectivity index (χ2n) is 2.66. The zero-order chi connectivity index (χ0) is 10.0. The Morgan fingerprint density at radius 1 is 1.00 bits per heavy atom. The molecule has 0 fully saturated rings. The predicted molar refractivity (Wildman–Crippen MR) is 58.0 cm³/mol. The summed E-state index contributed by atoms with van der Waals surface area (Å²) in [7, 11) is 0. The van der Waals surface area contributed by atoms with Gasteiger partial charge in [0, 0.05) is 0 Å². The molecule has 0 saturated heterocycles. The zero-order valence-corrected chi connectivity index (χ0v) is 9.76. The van der Waals surface area contributed by atoms with Crippen molar-refractivity contribution in [2.75, 3.05) is 0 Å². The average molecular weight is 239 g/mol. The molecule has 0 amide bonds. The van der Waals surface area contributed by atoms with Crippen LogP contribution in [0.15, 0.2) is 0 Å². The molecular formula is C9H10Cl3N. The molecule has 72 valence electrons. The first-order chi connectivity index (χ1) is 6.11. The zero-order valence-electron chi connectivity index (χ0n) is 7.50. The Labute approximate surface area is 93.0 Å². The van der Waals surface area contributed by atoms with Gasteiger partial charge in [0.1, 0.15) is 5.15 Å². The van der Waals surface area contributed by atoms with E-state index in [2.05, 4.69) is 4.98 Å². The first kappa shape index (κ1) is 11.1. The maximum Gasteiger partial charge on any atom is 0.148 e. The molecule has 0 aliphatic carbocycles. The van der Waals surface area contributed by atoms with E-state index in [0.717, 1.165) is 24.1 Å². The number of aromatic nitrogens is 1. The molecule has 0 spiro atoms. The van der Waals surface area contributed by atoms with Crippen LogP contribution in [0.4, 0.5) is 0 Å². The summed E-state index contributed by atoms with van der Waals surface area (Å²) in [5.74, 6) is 0. The number of aryl methyl sites for hydroxylation is 1. The van der Waals surface area contributed by atoms with Gasteiger partial charge >= 0.3 is 0 Å². The summed E-state index contributed by atoms with van der Waals surface area (Å²) in [6.07, 6.45) is 1.54. The first-order valence-corrected chi connectivity index (χ1v) is 5.27. The summed E-state index contributed by atoms with van der Waals surface area (Å²) >= 11 is 17.9. The molecule has 0 aromatic carbocycles. The molecule has 0 atom stereocenters. The Balaban J connectivity index is 3.39. The van der Waals surface area contributed by atoms with Crippen molar-refractivity contribution in [2.45, 2.75) is 26.7 Å². The van der Waals surface area contributed by atoms with Crippen molar-refractivity contribution >= 4 is 34.8 Å². The quantitative estimate of drug-likeness (QED) is 0.705. The first-order valence-electron chi connectivity index (χ1n) is 4.14. The Morgan fingerprint density at radius 3 is 2.08 bits per heavy atom. The van der Waals surface area contributed by atoms with Crippen LogP contribution in [0, 0.1) is 0 Å². The van der Waals surface area contributed by atoms with E-state index in [1.807, 2.05) is 13.8 Å². The van der Waals surface area contributed by atoms with Gasteiger partial charge < -0.3 is 0 Å². The Bertz CT molecular complexity index is 323. The summed E-state index contributed by atoms with van der Waals surface area (Å²) in [6.45, 7) is 3.97. The highest BCUT2D eigenvalue weighted by Crippen LogP contribution is 2.32. The van der Waals surface area contributed by atoms with Crippen LogP contribution < -0.4 is 0 Å². The van der Waals surface area contributed by atoms with Crippen LogP contribution in [0.2, 0.25) is 15.2 Å². The van der Waals surface area contributed by atoms with Gasteiger partial charge in [0.05, 0.1) is 15.7 Å². The van der Waals surface area contributed by atoms with Crippen molar-refractivity contribution in [3.05, 3.63) is 26.5 Å². The average Bonchev–Trinajstić information content (AvgIpc) is 2.12. The van der Waals surface area contributed by atoms with Crippen LogP contribution in [0.1, 0.15) is 25.1 Å². The molecule has 0 bridgehead atoms. The van der Waals surface area contributed by atoms with E-state index < -0.39 is 0 Å². The number of rotatable bonds is 2. The van der Waals surface area contributed by atoms with E-state index in [0.29, 0.717) is 15.2 Å². The summed E-state index contributed by atoms with van der Waals surface area (Å²) in [6, 6.07) is 0. The minimum absolute atomic E-state index is 0.347. The maximum absolute atomic E-state index is 6.08. The van der Waals surface area contributed by atoms with Crippen molar-refractivity contribution in [3.8, 4) is 0 Å². The fourth-order valence-corrected chi connectivity index (χ4v) is 2.10. The number of hydrogen-bond acceptors (Lipinski definition) is 1. The second kappa shape index (κ2) is 4.50. The highest BCUT2D eigenvalue weighted by Gasteiger charge is 2.13. The fourth-order valence-electron chi connectivity index (χ4n) is 1.16. The molecular weight excluding hydrogens is 228 g/mol. The lowest BCUT2D eigenvalue weighted by molar-refractivity contribution is 1.01. The van der Waals surface area contributed by atoms with Crippen molar-refractivity contribution < 1.29 is 0 Å². The molecule has 0 radical (unpaired) electrons. The van der Waals surface area contributed by atoms with E-state index in [4.69, 9.17) is 34.8 Å². The number of pyridine rings is 1. The second-order valence-corrected chi connectivity index (χ2v) is 3.78. The maximum atomic E-state index is 6.08. The topological polar surface area (TPSA) is 12.9 Å². The van der Waals surface area contributed by atoms with Crippen molar-refractivity contribution in [3.63, 3.8) is 0 Å². The van der Waals surface area contributed by atoms with Gasteiger partial charge in [-0.25, -0.2) is 4.98 Å². The molecule has 0 N–H and O–H groups in total. The van der Waals surface area contributed by atoms with Gasteiger partial charge in [-0.05, 0) is 18.4 Å². The van der Waals surface area contributed by atoms with Crippen LogP contribution in [-0.4, -0.2) is 4.98 Å². The highest BCUT2D eigenvalue weighted by molar-refractivity contribution is 6.43. The van der Waals surface area contributed by atoms with Crippen LogP contribution in [0.5, 0.6) is 0 Å². The fraction of sp³-hybridized carbons (Fsp3) is 0.444. The molecule has 0 aliphatic heterocycles. The Kier molecular flexibility index (Phi) is 3.84. The molecule has 13 heavy (non-hydrogen) atoms. The third kappa shape index (κ3) is 2.09. The van der Waals surface area contributed by atoms with Crippen LogP contribution in [0.25, 0.3) is 0 Å². The van der Waals surface area contributed by atoms with E-state index >= 15 is 0 Å². The molecule has 0 saturated carbocycles. The lowest BCUT2D eigenvalue weighted by atomic mass is 10.1. The molecule has 1 rings (SSSR count). The van der Waals surface area contributed by atoms with Crippen molar-refractivity contribution in [2.24, 2.45) is 0 Å². The number of halogens is 3. The predicted octanol–water partition coefficient (Wildman–Crippen LogP) is 4.17. The van der Waals surface area contributed by atoms with Gasteiger partial charge in [0.25, 0.3) is 0 Å². The lowest BCUT2D eigenvalue weighted by Crippen LogP contribution is -1.96. The van der Waals surface area contributed by atoms with Crippen LogP contribution in [-0.2, 0) is 12.8 Å². The molecule has 4 heteroatoms. The van der Waals surface area contributed by atoms with Crippen LogP contribution in [0.3, 0.4) is 0 Å². The summed E-state index contributed by atoms with van der Waals surface area (Å²) < 4.78 is 0. The van der Waals surface area contributed by atoms with Gasteiger partial charge in [-0.3, -0.25) is 0 Å². The number of nitrogens with zero attached hydrogens (tertiary/aromatic N) is 1. The smallest absolute Gasteiger partial charge is 0.148 e. The molecule has 1 heterocycles. The van der Waals surface area contributed by atoms with Gasteiger partial charge in [0.15, 0.2) is 0 Å². The standard InChI is InChI=1S/C9H10Cl3N/c1-3-5-7(10)6(4-2)13-9(12)8(5)11/h3-4H2,1-2H3. The molecule has 1 nitrogen and oxygen atoms in total. The summed E-state index contributed by atoms with van der Waals surface area (Å²) in [4.78, 5) is 4.10. The SMILES string of the molecule is CCc1nc(Cl)c(Cl)c(CC)c1Cl. The van der Waals surface area contributed by atoms with E-state index in [1.165, 1.54) is 0 Å². The third-order valence-corrected chi connectivity index (χ3v) is 3.11. The lowest BCUT2D eigenvalue weighted by Gasteiger charge is -2.09. The minimum Gasteiger partial charge on any atom is -0.238 e. The van der Waals surface area contributed by atoms with E-state index in [1.54, 1.807) is 0 Å². The van der Waals surface area contributed by atoms with Gasteiger partial charge in [-0.2, -0.15) is 0 Å². The summed E-state index contributed by atoms with van der Waals surface area (Å²) in [5.41, 5.74) is 1.70. The molecule has 0 aliphatic rings. The number of hydrogen-bond donors (Lipinski definition) is 0. The van der Waals surface area contributed by atoms with Gasteiger partial charge in [0.2, 0.25) is 0 Å². The van der Waals surface area contributed by atoms with Crippen LogP contribution >= 0.6 is 34.8 Å². The largest absolute Gasteiger partial charge is 0.238 e. The van der Waals surface area contributed by atoms with E-state index in [9.17, 15) is 0 Å². The molecule has 1 aromatic rings. The third-order valence-electron chi connectivity index (χ3n) is 1.89. The van der Waals surface area contributed by atoms with Gasteiger partial charge in [-0.1, -0.05) is 48.7 Å². The molecule has 1 aromatic heterocycles. The van der Waals surface area contributed by atoms with E-state index in [-0.39, 0.29) is 0 Å². The normalized spacial score (nSPS) is 10.5. The van der Waals surface area contributed by atoms with Crippen molar-refractivity contribution in [1.82, 2.24) is 4.98 Å².